The van der Waals surface area contributed by atoms with Crippen molar-refractivity contribution in [2.45, 2.75) is 4.90 Å². The van der Waals surface area contributed by atoms with Gasteiger partial charge >= 0.3 is 5.97 Å². The van der Waals surface area contributed by atoms with Crippen LogP contribution in [0.5, 0.6) is 0 Å². The van der Waals surface area contributed by atoms with E-state index >= 15 is 0 Å². The maximum atomic E-state index is 12.2. The van der Waals surface area contributed by atoms with E-state index in [1.54, 1.807) is 12.1 Å². The molecule has 2 rings (SSSR count). The molecular weight excluding hydrogens is 294 g/mol. The van der Waals surface area contributed by atoms with Crippen LogP contribution >= 0.6 is 0 Å². The van der Waals surface area contributed by atoms with Gasteiger partial charge in [-0.1, -0.05) is 6.07 Å². The Balaban J connectivity index is 2.35. The Bertz CT molecular complexity index is 760. The molecule has 21 heavy (non-hydrogen) atoms. The van der Waals surface area contributed by atoms with Crippen LogP contribution in [0.15, 0.2) is 47.5 Å². The van der Waals surface area contributed by atoms with Crippen molar-refractivity contribution in [3.05, 3.63) is 48.2 Å². The van der Waals surface area contributed by atoms with E-state index in [0.717, 1.165) is 0 Å². The van der Waals surface area contributed by atoms with E-state index in [1.807, 2.05) is 0 Å². The molecular formula is C13H13N3O4S. The number of nitrogens with zero attached hydrogens (tertiary/aromatic N) is 1. The Kier molecular flexibility index (Phi) is 4.08. The smallest absolute Gasteiger partial charge is 0.337 e. The summed E-state index contributed by atoms with van der Waals surface area (Å²) in [6.07, 6.45) is 1.46. The molecule has 1 aromatic heterocycles. The number of nitrogens with one attached hydrogen (secondary N) is 1. The Morgan fingerprint density at radius 3 is 2.62 bits per heavy atom. The first-order valence-electron chi connectivity index (χ1n) is 5.86. The molecule has 0 bridgehead atoms. The number of sulfonamides is 1. The number of benzene rings is 1. The van der Waals surface area contributed by atoms with Crippen molar-refractivity contribution in [2.24, 2.45) is 0 Å². The van der Waals surface area contributed by atoms with Crippen LogP contribution in [0.25, 0.3) is 0 Å². The predicted molar refractivity (Wildman–Crippen MR) is 77.2 cm³/mol. The number of methoxy groups -OCH3 is 1. The highest BCUT2D eigenvalue weighted by Crippen LogP contribution is 2.22. The Labute approximate surface area is 121 Å². The third-order valence-electron chi connectivity index (χ3n) is 2.62. The highest BCUT2D eigenvalue weighted by Gasteiger charge is 2.19. The molecule has 0 fully saturated rings. The Hall–Kier alpha value is -2.61. The molecule has 0 amide bonds. The van der Waals surface area contributed by atoms with E-state index in [9.17, 15) is 13.2 Å². The fourth-order valence-corrected chi connectivity index (χ4v) is 2.78. The molecule has 0 aliphatic heterocycles. The van der Waals surface area contributed by atoms with E-state index in [4.69, 9.17) is 5.73 Å². The zero-order chi connectivity index (χ0) is 15.5. The Morgan fingerprint density at radius 2 is 2.05 bits per heavy atom. The first kappa shape index (κ1) is 14.8. The normalized spacial score (nSPS) is 10.9. The van der Waals surface area contributed by atoms with E-state index < -0.39 is 16.0 Å². The van der Waals surface area contributed by atoms with Gasteiger partial charge in [0.25, 0.3) is 10.0 Å². The van der Waals surface area contributed by atoms with Crippen LogP contribution in [0.2, 0.25) is 0 Å². The van der Waals surface area contributed by atoms with Gasteiger partial charge < -0.3 is 10.5 Å². The summed E-state index contributed by atoms with van der Waals surface area (Å²) < 4.78 is 31.3. The van der Waals surface area contributed by atoms with E-state index in [2.05, 4.69) is 14.4 Å². The molecule has 2 aromatic rings. The van der Waals surface area contributed by atoms with Gasteiger partial charge in [0.15, 0.2) is 0 Å². The van der Waals surface area contributed by atoms with Crippen LogP contribution in [-0.2, 0) is 14.8 Å². The van der Waals surface area contributed by atoms with Gasteiger partial charge in [0.05, 0.1) is 18.4 Å². The molecule has 0 aliphatic carbocycles. The molecule has 1 aromatic carbocycles. The number of nitrogen functional groups attached to an aromatic ring is 1. The second-order valence-electron chi connectivity index (χ2n) is 4.06. The van der Waals surface area contributed by atoms with Gasteiger partial charge in [0.2, 0.25) is 0 Å². The molecule has 8 heteroatoms. The van der Waals surface area contributed by atoms with Crippen LogP contribution in [0.3, 0.4) is 0 Å². The first-order valence-corrected chi connectivity index (χ1v) is 7.34. The summed E-state index contributed by atoms with van der Waals surface area (Å²) in [7, 11) is -2.65. The monoisotopic (exact) mass is 307 g/mol. The quantitative estimate of drug-likeness (QED) is 0.649. The maximum Gasteiger partial charge on any atom is 0.337 e. The molecule has 3 N–H and O–H groups in total. The molecule has 0 atom stereocenters. The highest BCUT2D eigenvalue weighted by molar-refractivity contribution is 7.92. The molecule has 0 saturated carbocycles. The zero-order valence-electron chi connectivity index (χ0n) is 11.1. The summed E-state index contributed by atoms with van der Waals surface area (Å²) in [4.78, 5) is 15.1. The zero-order valence-corrected chi connectivity index (χ0v) is 11.9. The van der Waals surface area contributed by atoms with Crippen LogP contribution in [-0.4, -0.2) is 26.5 Å². The summed E-state index contributed by atoms with van der Waals surface area (Å²) >= 11 is 0. The molecule has 0 saturated heterocycles. The van der Waals surface area contributed by atoms with Gasteiger partial charge in [-0.25, -0.2) is 18.2 Å². The molecule has 110 valence electrons. The lowest BCUT2D eigenvalue weighted by Crippen LogP contribution is -2.16. The summed E-state index contributed by atoms with van der Waals surface area (Å²) in [6.45, 7) is 0. The van der Waals surface area contributed by atoms with Gasteiger partial charge in [0.1, 0.15) is 10.7 Å². The predicted octanol–water partition coefficient (Wildman–Crippen LogP) is 1.25. The molecule has 0 unspecified atom stereocenters. The van der Waals surface area contributed by atoms with Crippen molar-refractivity contribution in [3.63, 3.8) is 0 Å². The SMILES string of the molecule is COC(=O)c1ccc(S(=O)(=O)Nc2ccccn2)c(N)c1. The standard InChI is InChI=1S/C13H13N3O4S/c1-20-13(17)9-5-6-11(10(14)8-9)21(18,19)16-12-4-2-3-7-15-12/h2-8H,14H2,1H3,(H,15,16). The number of nitrogens with two attached hydrogens (primary N) is 1. The minimum absolute atomic E-state index is 0.0543. The number of carbonyl (C=O) groups is 1. The topological polar surface area (TPSA) is 111 Å². The number of pyridine rings is 1. The molecule has 0 radical (unpaired) electrons. The Morgan fingerprint density at radius 1 is 1.29 bits per heavy atom. The number of hydrogen-bond acceptors (Lipinski definition) is 6. The van der Waals surface area contributed by atoms with Crippen molar-refractivity contribution in [1.29, 1.82) is 0 Å². The lowest BCUT2D eigenvalue weighted by atomic mass is 10.2. The number of esters is 1. The lowest BCUT2D eigenvalue weighted by molar-refractivity contribution is 0.0600. The summed E-state index contributed by atoms with van der Waals surface area (Å²) in [6, 6.07) is 8.64. The van der Waals surface area contributed by atoms with Crippen molar-refractivity contribution >= 4 is 27.5 Å². The van der Waals surface area contributed by atoms with Crippen LogP contribution < -0.4 is 10.5 Å². The maximum absolute atomic E-state index is 12.2. The van der Waals surface area contributed by atoms with Crippen molar-refractivity contribution in [1.82, 2.24) is 4.98 Å². The third-order valence-corrected chi connectivity index (χ3v) is 4.05. The van der Waals surface area contributed by atoms with Crippen LogP contribution in [0, 0.1) is 0 Å². The van der Waals surface area contributed by atoms with Gasteiger partial charge in [-0.15, -0.1) is 0 Å². The number of ether oxygens (including phenoxy) is 1. The molecule has 1 heterocycles. The molecule has 7 nitrogen and oxygen atoms in total. The number of aromatic nitrogens is 1. The largest absolute Gasteiger partial charge is 0.465 e. The minimum atomic E-state index is -3.88. The number of carbonyl (C=O) groups excluding carboxylic acids is 1. The highest BCUT2D eigenvalue weighted by atomic mass is 32.2. The van der Waals surface area contributed by atoms with Gasteiger partial charge in [-0.05, 0) is 30.3 Å². The first-order chi connectivity index (χ1) is 9.94. The molecule has 0 spiro atoms. The second kappa shape index (κ2) is 5.80. The average Bonchev–Trinajstić information content (AvgIpc) is 2.46. The third kappa shape index (κ3) is 3.29. The van der Waals surface area contributed by atoms with Crippen molar-refractivity contribution in [2.75, 3.05) is 17.6 Å². The summed E-state index contributed by atoms with van der Waals surface area (Å²) in [5.74, 6) is -0.419. The van der Waals surface area contributed by atoms with Crippen molar-refractivity contribution in [3.8, 4) is 0 Å². The molecule has 0 aliphatic rings. The fourth-order valence-electron chi connectivity index (χ4n) is 1.65. The lowest BCUT2D eigenvalue weighted by Gasteiger charge is -2.10. The van der Waals surface area contributed by atoms with Gasteiger partial charge in [-0.2, -0.15) is 0 Å². The van der Waals surface area contributed by atoms with E-state index in [-0.39, 0.29) is 22.0 Å². The van der Waals surface area contributed by atoms with E-state index in [1.165, 1.54) is 37.6 Å². The summed E-state index contributed by atoms with van der Waals surface area (Å²) in [5.41, 5.74) is 5.82. The average molecular weight is 307 g/mol. The van der Waals surface area contributed by atoms with Crippen molar-refractivity contribution < 1.29 is 17.9 Å². The van der Waals surface area contributed by atoms with Crippen LogP contribution in [0.1, 0.15) is 10.4 Å². The number of anilines is 2. The minimum Gasteiger partial charge on any atom is -0.465 e. The second-order valence-corrected chi connectivity index (χ2v) is 5.72. The fraction of sp³-hybridized carbons (Fsp3) is 0.0769. The van der Waals surface area contributed by atoms with Gasteiger partial charge in [0, 0.05) is 6.20 Å². The van der Waals surface area contributed by atoms with Crippen LogP contribution in [0.4, 0.5) is 11.5 Å². The summed E-state index contributed by atoms with van der Waals surface area (Å²) in [5, 5.41) is 0. The van der Waals surface area contributed by atoms with E-state index in [0.29, 0.717) is 0 Å². The number of hydrogen-bond donors (Lipinski definition) is 2. The van der Waals surface area contributed by atoms with Gasteiger partial charge in [-0.3, -0.25) is 4.72 Å². The number of rotatable bonds is 4.